The van der Waals surface area contributed by atoms with Crippen molar-refractivity contribution in [2.75, 3.05) is 36.7 Å². The molecule has 440 valence electrons. The third kappa shape index (κ3) is 14.5. The van der Waals surface area contributed by atoms with Gasteiger partial charge in [-0.1, -0.05) is 56.4 Å². The molecule has 0 radical (unpaired) electrons. The topological polar surface area (TPSA) is 461 Å². The third-order valence-electron chi connectivity index (χ3n) is 11.4. The first kappa shape index (κ1) is 62.5. The van der Waals surface area contributed by atoms with Crippen molar-refractivity contribution in [3.05, 3.63) is 50.0 Å². The predicted molar refractivity (Wildman–Crippen MR) is 274 cm³/mol. The number of nitrogens with one attached hydrogen (secondary N) is 5. The van der Waals surface area contributed by atoms with E-state index in [1.165, 1.54) is 39.8 Å². The highest BCUT2D eigenvalue weighted by Crippen LogP contribution is 2.35. The quantitative estimate of drug-likeness (QED) is 0.0825. The van der Waals surface area contributed by atoms with Crippen LogP contribution in [0.3, 0.4) is 0 Å². The summed E-state index contributed by atoms with van der Waals surface area (Å²) < 4.78 is 74.1. The largest absolute Gasteiger partial charge is 0.481 e. The van der Waals surface area contributed by atoms with Crippen molar-refractivity contribution in [2.45, 2.75) is 137 Å². The zero-order valence-electron chi connectivity index (χ0n) is 44.0. The summed E-state index contributed by atoms with van der Waals surface area (Å²) in [6.07, 6.45) is -13.2. The molecule has 2 amide bonds. The SMILES string of the molecule is C.C.CC(C)C(=O)Nc1nc2c(ncn2[C@@H]2O[C@H](CO)[C@@H](F)[C@H]2O)c(=O)[nH]1.CC(C)C(=O)O.Nc1nc2c(ncn2[C@@H]2O[C@H](CO)[C@@H](F)[C@H]2O)c(=O)[nH]1.[2H]C[C@H]1O[C@@H](n2cnc3c(=O)[nH]c(NC(=O)C(C)C)nc32)[C@H](O)[C@@H]1F.[3H]OC. The number of carboxylic acids is 1. The smallest absolute Gasteiger partial charge is 0.305 e. The number of ether oxygens (including phenoxy) is 3. The molecule has 0 aliphatic carbocycles. The number of nitrogen functional groups attached to an aromatic ring is 1. The van der Waals surface area contributed by atoms with E-state index in [9.17, 15) is 57.3 Å². The van der Waals surface area contributed by atoms with E-state index in [1.807, 2.05) is 0 Å². The maximum absolute atomic E-state index is 14.0. The molecule has 3 fully saturated rings. The van der Waals surface area contributed by atoms with Crippen molar-refractivity contribution in [3.8, 4) is 0 Å². The monoisotopic (exact) mass is 1130 g/mol. The Morgan fingerprint density at radius 1 is 0.671 bits per heavy atom. The van der Waals surface area contributed by atoms with Gasteiger partial charge in [0, 0.05) is 20.3 Å². The van der Waals surface area contributed by atoms with Gasteiger partial charge in [0.25, 0.3) is 16.7 Å². The molecule has 9 heterocycles. The molecule has 0 saturated carbocycles. The lowest BCUT2D eigenvalue weighted by atomic mass is 10.1. The van der Waals surface area contributed by atoms with E-state index in [0.29, 0.717) is 0 Å². The standard InChI is InChI=1S/C14H18FN5O5.C14H18FN5O4.C10H12FN5O4.C4H8O2.CH4O.2CH4/c1-5(2)11(23)18-14-17-10-8(12(24)19-14)16-4-20(10)13-9(22)7(15)6(3-21)25-13;1-5(2)11(22)18-14-17-10-8(12(23)19-14)16-4-20(10)13-9(21)7(15)6(3)24-13;11-4-3(1-17)20-9(6(4)18)16-2-13-5-7(16)14-10(12)15-8(5)19;1-3(2)4(5)6;1-2;;/h4-7,9,13,21-22H,3H2,1-2H3,(H2,17,18,19,23,24);4-7,9,13,21H,1-3H3,(H2,17,18,19,22,23);2-4,6,9,17-18H,1H2,(H3,12,14,15,19);3H,1-2H3,(H,5,6);2H,1H3;2*1H4/t2*6-,7-,9-,13-;3-,4-,6-,9-;;;;/m111..../s1/i;3D;;;2T;;. The molecule has 34 heteroatoms. The summed E-state index contributed by atoms with van der Waals surface area (Å²) in [5.41, 5.74) is 3.71. The van der Waals surface area contributed by atoms with E-state index in [0.717, 1.165) is 0 Å². The Morgan fingerprint density at radius 2 is 1.00 bits per heavy atom. The Labute approximate surface area is 448 Å². The Balaban J connectivity index is 0.000000294. The van der Waals surface area contributed by atoms with Crippen molar-refractivity contribution < 1.29 is 78.9 Å². The second-order valence-electron chi connectivity index (χ2n) is 17.9. The molecule has 3 aliphatic heterocycles. The number of aromatic amines is 3. The number of halogens is 3. The second-order valence-corrected chi connectivity index (χ2v) is 17.9. The number of aliphatic hydroxyl groups is 6. The fourth-order valence-electron chi connectivity index (χ4n) is 7.11. The number of fused-ring (bicyclic) bond motifs is 3. The van der Waals surface area contributed by atoms with Crippen molar-refractivity contribution in [3.63, 3.8) is 0 Å². The molecule has 9 rings (SSSR count). The molecule has 6 aromatic rings. The van der Waals surface area contributed by atoms with Crippen LogP contribution in [0.15, 0.2) is 33.4 Å². The number of nitrogens with zero attached hydrogens (tertiary/aromatic N) is 9. The lowest BCUT2D eigenvalue weighted by Crippen LogP contribution is -2.29. The minimum atomic E-state index is -1.80. The van der Waals surface area contributed by atoms with Gasteiger partial charge in [-0.2, -0.15) is 15.0 Å². The van der Waals surface area contributed by atoms with Crippen LogP contribution in [-0.4, -0.2) is 189 Å². The summed E-state index contributed by atoms with van der Waals surface area (Å²) in [6, 6.07) is 0. The molecular weight excluding hydrogens is 1060 g/mol. The van der Waals surface area contributed by atoms with E-state index in [4.69, 9.17) is 38.1 Å². The Bertz CT molecular complexity index is 3090. The van der Waals surface area contributed by atoms with E-state index >= 15 is 0 Å². The van der Waals surface area contributed by atoms with Crippen molar-refractivity contribution in [1.82, 2.24) is 58.6 Å². The minimum absolute atomic E-state index is 0. The number of anilines is 3. The fourth-order valence-corrected chi connectivity index (χ4v) is 7.11. The van der Waals surface area contributed by atoms with Gasteiger partial charge in [0.05, 0.1) is 44.2 Å². The predicted octanol–water partition coefficient (Wildman–Crippen LogP) is -0.469. The lowest BCUT2D eigenvalue weighted by Gasteiger charge is -2.16. The molecule has 6 aromatic heterocycles. The van der Waals surface area contributed by atoms with Crippen molar-refractivity contribution in [2.24, 2.45) is 17.8 Å². The molecule has 3 saturated heterocycles. The number of nitrogens with two attached hydrogens (primary N) is 1. The highest BCUT2D eigenvalue weighted by molar-refractivity contribution is 5.91. The summed E-state index contributed by atoms with van der Waals surface area (Å²) in [5, 5.41) is 64.4. The fraction of sp³-hybridized carbons (Fsp3) is 0.600. The number of carbonyl (C=O) groups excluding carboxylic acids is 2. The van der Waals surface area contributed by atoms with Gasteiger partial charge in [0.2, 0.25) is 31.1 Å². The normalized spacial score (nSPS) is 25.3. The van der Waals surface area contributed by atoms with Crippen molar-refractivity contribution in [1.29, 1.82) is 1.43 Å². The number of aliphatic hydroxyl groups excluding tert-OH is 6. The number of hydrogen-bond donors (Lipinski definition) is 13. The van der Waals surface area contributed by atoms with E-state index < -0.39 is 110 Å². The highest BCUT2D eigenvalue weighted by Gasteiger charge is 2.47. The van der Waals surface area contributed by atoms with Gasteiger partial charge in [-0.05, 0) is 6.90 Å². The molecule has 31 nitrogen and oxygen atoms in total. The first-order chi connectivity index (χ1) is 37.2. The number of alkyl halides is 3. The maximum atomic E-state index is 14.0. The number of rotatable bonds is 10. The van der Waals surface area contributed by atoms with E-state index in [2.05, 4.69) is 60.6 Å². The number of hydrogen-bond acceptors (Lipinski definition) is 22. The number of imidazole rings is 3. The van der Waals surface area contributed by atoms with Gasteiger partial charge in [0.1, 0.15) is 30.5 Å². The van der Waals surface area contributed by atoms with Gasteiger partial charge < -0.3 is 55.7 Å². The van der Waals surface area contributed by atoms with Crippen LogP contribution in [0.1, 0.15) is 83.3 Å². The summed E-state index contributed by atoms with van der Waals surface area (Å²) >= 11 is 0. The Morgan fingerprint density at radius 3 is 1.30 bits per heavy atom. The molecule has 12 atom stereocenters. The molecule has 0 spiro atoms. The van der Waals surface area contributed by atoms with Crippen LogP contribution in [0.2, 0.25) is 0 Å². The molecule has 79 heavy (non-hydrogen) atoms. The highest BCUT2D eigenvalue weighted by atomic mass is 19.1. The average Bonchev–Trinajstić information content (AvgIpc) is 4.26. The van der Waals surface area contributed by atoms with Crippen LogP contribution < -0.4 is 33.0 Å². The third-order valence-corrected chi connectivity index (χ3v) is 11.4. The zero-order chi connectivity index (χ0) is 58.9. The number of H-pyrrole nitrogens is 3. The van der Waals surface area contributed by atoms with Gasteiger partial charge in [-0.25, -0.2) is 28.1 Å². The summed E-state index contributed by atoms with van der Waals surface area (Å²) in [5.74, 6) is -2.63. The van der Waals surface area contributed by atoms with Gasteiger partial charge in [0.15, 0.2) is 70.7 Å². The van der Waals surface area contributed by atoms with Gasteiger partial charge in [-0.15, -0.1) is 0 Å². The Kier molecular flexibility index (Phi) is 22.2. The van der Waals surface area contributed by atoms with Crippen LogP contribution in [0.25, 0.3) is 33.5 Å². The van der Waals surface area contributed by atoms with Crippen LogP contribution in [-0.2, 0) is 28.6 Å². The number of carbonyl (C=O) groups is 3. The molecule has 14 N–H and O–H groups in total. The molecule has 0 aromatic carbocycles. The van der Waals surface area contributed by atoms with Crippen LogP contribution in [0, 0.1) is 17.8 Å². The summed E-state index contributed by atoms with van der Waals surface area (Å²) in [6.45, 7) is 8.46. The second kappa shape index (κ2) is 28.0. The van der Waals surface area contributed by atoms with Gasteiger partial charge in [-0.3, -0.25) is 68.1 Å². The number of aliphatic carboxylic acids is 1. The maximum Gasteiger partial charge on any atom is 0.305 e. The zero-order valence-corrected chi connectivity index (χ0v) is 42.0. The first-order valence-electron chi connectivity index (χ1n) is 24.3. The molecule has 0 bridgehead atoms. The summed E-state index contributed by atoms with van der Waals surface area (Å²) in [4.78, 5) is 100.0. The van der Waals surface area contributed by atoms with Crippen molar-refractivity contribution >= 4 is 69.1 Å². The van der Waals surface area contributed by atoms with Crippen LogP contribution >= 0.6 is 0 Å². The van der Waals surface area contributed by atoms with Crippen LogP contribution in [0.4, 0.5) is 31.0 Å². The van der Waals surface area contributed by atoms with Crippen LogP contribution in [0.5, 0.6) is 0 Å². The Hall–Kier alpha value is -7.31. The summed E-state index contributed by atoms with van der Waals surface area (Å²) in [7, 11) is 1.29. The molecule has 3 aliphatic rings. The first-order valence-corrected chi connectivity index (χ1v) is 23.2. The average molecular weight is 1140 g/mol. The number of carboxylic acid groups (broad SMARTS) is 1. The molecule has 0 unspecified atom stereocenters. The number of amides is 2. The van der Waals surface area contributed by atoms with E-state index in [1.54, 1.807) is 41.5 Å². The minimum Gasteiger partial charge on any atom is -0.481 e. The molecular formula is C45H68F3N15O16. The van der Waals surface area contributed by atoms with E-state index in [-0.39, 0.29) is 103 Å². The lowest BCUT2D eigenvalue weighted by molar-refractivity contribution is -0.140. The number of aromatic nitrogens is 12. The van der Waals surface area contributed by atoms with Gasteiger partial charge >= 0.3 is 5.97 Å².